The molecule has 0 aliphatic carbocycles. The SMILES string of the molecule is CN(C)c1ccnc(-n2c3[c-]c(Oc4[c-]c(-n5cc(-c6ccccc6)cn5)ccc4)ccc3c3ccccc32)c1.[Pt+4]. The zero-order valence-electron chi connectivity index (χ0n) is 22.4. The summed E-state index contributed by atoms with van der Waals surface area (Å²) in [6.07, 6.45) is 5.69. The number of hydrogen-bond donors (Lipinski definition) is 0. The summed E-state index contributed by atoms with van der Waals surface area (Å²) in [6, 6.07) is 39.3. The third-order valence-electron chi connectivity index (χ3n) is 6.94. The van der Waals surface area contributed by atoms with E-state index in [0.717, 1.165) is 50.1 Å². The monoisotopic (exact) mass is 714 g/mol. The predicted octanol–water partition coefficient (Wildman–Crippen LogP) is 7.49. The summed E-state index contributed by atoms with van der Waals surface area (Å²) in [4.78, 5) is 6.78. The Morgan fingerprint density at radius 1 is 0.756 bits per heavy atom. The fourth-order valence-electron chi connectivity index (χ4n) is 4.96. The van der Waals surface area contributed by atoms with Gasteiger partial charge in [0.25, 0.3) is 0 Å². The molecule has 0 N–H and O–H groups in total. The molecule has 0 fully saturated rings. The molecule has 41 heavy (non-hydrogen) atoms. The van der Waals surface area contributed by atoms with Crippen molar-refractivity contribution in [2.24, 2.45) is 0 Å². The molecule has 200 valence electrons. The minimum atomic E-state index is 0. The van der Waals surface area contributed by atoms with Crippen molar-refractivity contribution in [2.75, 3.05) is 19.0 Å². The van der Waals surface area contributed by atoms with E-state index >= 15 is 0 Å². The number of ether oxygens (including phenoxy) is 1. The van der Waals surface area contributed by atoms with Gasteiger partial charge in [0.15, 0.2) is 0 Å². The summed E-state index contributed by atoms with van der Waals surface area (Å²) < 4.78 is 10.2. The maximum Gasteiger partial charge on any atom is 4.00 e. The largest absolute Gasteiger partial charge is 4.00 e. The van der Waals surface area contributed by atoms with Crippen LogP contribution in [0.15, 0.2) is 116 Å². The Labute approximate surface area is 252 Å². The Kier molecular flexibility index (Phi) is 7.17. The molecule has 3 heterocycles. The Morgan fingerprint density at radius 2 is 1.56 bits per heavy atom. The first kappa shape index (κ1) is 26.5. The second-order valence-corrected chi connectivity index (χ2v) is 9.75. The van der Waals surface area contributed by atoms with Gasteiger partial charge in [0.05, 0.1) is 6.20 Å². The number of nitrogens with zero attached hydrogens (tertiary/aromatic N) is 5. The molecule has 0 atom stereocenters. The number of pyridine rings is 1. The molecule has 4 aromatic carbocycles. The standard InChI is InChI=1S/C34H25N5O.Pt/c1-37(2)26-17-18-35-34(20-26)39-32-14-7-6-13-30(32)31-16-15-29(21-33(31)39)40-28-12-8-11-27(19-28)38-23-25(22-36-38)24-9-4-3-5-10-24;/h3-18,20,22-23H,1-2H3;/q-2;+4. The van der Waals surface area contributed by atoms with Gasteiger partial charge in [0, 0.05) is 60.8 Å². The maximum atomic E-state index is 6.29. The van der Waals surface area contributed by atoms with E-state index < -0.39 is 0 Å². The number of rotatable bonds is 6. The van der Waals surface area contributed by atoms with Crippen LogP contribution in [0.4, 0.5) is 5.69 Å². The minimum Gasteiger partial charge on any atom is -0.509 e. The average Bonchev–Trinajstić information content (AvgIpc) is 3.61. The second kappa shape index (κ2) is 11.1. The van der Waals surface area contributed by atoms with Crippen LogP contribution in [0.2, 0.25) is 0 Å². The van der Waals surface area contributed by atoms with Crippen LogP contribution in [0.5, 0.6) is 11.5 Å². The van der Waals surface area contributed by atoms with Gasteiger partial charge in [-0.2, -0.15) is 17.2 Å². The Hall–Kier alpha value is -4.67. The number of para-hydroxylation sites is 1. The molecule has 0 spiro atoms. The molecule has 7 rings (SSSR count). The van der Waals surface area contributed by atoms with Gasteiger partial charge in [-0.05, 0) is 28.8 Å². The minimum absolute atomic E-state index is 0. The van der Waals surface area contributed by atoms with Gasteiger partial charge in [-0.3, -0.25) is 4.68 Å². The molecule has 3 aromatic heterocycles. The quantitative estimate of drug-likeness (QED) is 0.168. The van der Waals surface area contributed by atoms with Crippen LogP contribution >= 0.6 is 0 Å². The summed E-state index contributed by atoms with van der Waals surface area (Å²) in [5.74, 6) is 2.01. The normalized spacial score (nSPS) is 11.0. The summed E-state index contributed by atoms with van der Waals surface area (Å²) in [5, 5.41) is 6.77. The Morgan fingerprint density at radius 3 is 2.41 bits per heavy atom. The average molecular weight is 715 g/mol. The summed E-state index contributed by atoms with van der Waals surface area (Å²) >= 11 is 0. The van der Waals surface area contributed by atoms with E-state index in [1.807, 2.05) is 92.0 Å². The number of benzene rings is 4. The molecule has 0 radical (unpaired) electrons. The van der Waals surface area contributed by atoms with Crippen LogP contribution in [0.3, 0.4) is 0 Å². The van der Waals surface area contributed by atoms with Gasteiger partial charge in [-0.25, -0.2) is 4.98 Å². The molecule has 0 saturated carbocycles. The van der Waals surface area contributed by atoms with Gasteiger partial charge in [-0.15, -0.1) is 35.7 Å². The van der Waals surface area contributed by atoms with Crippen molar-refractivity contribution in [1.82, 2.24) is 19.3 Å². The van der Waals surface area contributed by atoms with Crippen LogP contribution in [-0.4, -0.2) is 33.4 Å². The van der Waals surface area contributed by atoms with Crippen molar-refractivity contribution in [3.05, 3.63) is 128 Å². The van der Waals surface area contributed by atoms with E-state index in [2.05, 4.69) is 69.2 Å². The van der Waals surface area contributed by atoms with Gasteiger partial charge in [-0.1, -0.05) is 54.0 Å². The van der Waals surface area contributed by atoms with Gasteiger partial charge in [0.2, 0.25) is 0 Å². The molecule has 0 aliphatic rings. The summed E-state index contributed by atoms with van der Waals surface area (Å²) in [5.41, 5.74) is 5.99. The van der Waals surface area contributed by atoms with Crippen LogP contribution in [0.1, 0.15) is 0 Å². The molecule has 7 heteroatoms. The van der Waals surface area contributed by atoms with Crippen molar-refractivity contribution < 1.29 is 25.8 Å². The Balaban J connectivity index is 0.00000302. The summed E-state index contributed by atoms with van der Waals surface area (Å²) in [6.45, 7) is 0. The first-order valence-corrected chi connectivity index (χ1v) is 13.0. The molecule has 7 aromatic rings. The van der Waals surface area contributed by atoms with Gasteiger partial charge < -0.3 is 14.2 Å². The van der Waals surface area contributed by atoms with Crippen molar-refractivity contribution >= 4 is 27.5 Å². The van der Waals surface area contributed by atoms with Crippen molar-refractivity contribution in [2.45, 2.75) is 0 Å². The number of hydrogen-bond acceptors (Lipinski definition) is 4. The van der Waals surface area contributed by atoms with Crippen LogP contribution in [-0.2, 0) is 21.1 Å². The van der Waals surface area contributed by atoms with E-state index in [4.69, 9.17) is 9.72 Å². The smallest absolute Gasteiger partial charge is 0.509 e. The molecular weight excluding hydrogens is 689 g/mol. The molecule has 6 nitrogen and oxygen atoms in total. The molecule has 0 unspecified atom stereocenters. The number of aromatic nitrogens is 4. The number of anilines is 1. The first-order chi connectivity index (χ1) is 19.6. The van der Waals surface area contributed by atoms with Crippen LogP contribution < -0.4 is 9.64 Å². The topological polar surface area (TPSA) is 48.1 Å². The maximum absolute atomic E-state index is 6.29. The zero-order chi connectivity index (χ0) is 27.1. The van der Waals surface area contributed by atoms with Crippen molar-refractivity contribution in [1.29, 1.82) is 0 Å². The van der Waals surface area contributed by atoms with Crippen LogP contribution in [0.25, 0.3) is 44.4 Å². The van der Waals surface area contributed by atoms with Crippen molar-refractivity contribution in [3.63, 3.8) is 0 Å². The van der Waals surface area contributed by atoms with E-state index in [9.17, 15) is 0 Å². The zero-order valence-corrected chi connectivity index (χ0v) is 24.7. The third-order valence-corrected chi connectivity index (χ3v) is 6.94. The van der Waals surface area contributed by atoms with E-state index in [1.165, 1.54) is 0 Å². The molecule has 0 amide bonds. The van der Waals surface area contributed by atoms with E-state index in [-0.39, 0.29) is 21.1 Å². The van der Waals surface area contributed by atoms with Gasteiger partial charge >= 0.3 is 21.1 Å². The molecular formula is C34H25N5OPt+2. The number of fused-ring (bicyclic) bond motifs is 3. The van der Waals surface area contributed by atoms with Crippen LogP contribution in [0, 0.1) is 12.1 Å². The predicted molar refractivity (Wildman–Crippen MR) is 160 cm³/mol. The fourth-order valence-corrected chi connectivity index (χ4v) is 4.96. The molecule has 0 aliphatic heterocycles. The van der Waals surface area contributed by atoms with E-state index in [0.29, 0.717) is 11.5 Å². The van der Waals surface area contributed by atoms with Gasteiger partial charge in [0.1, 0.15) is 5.82 Å². The summed E-state index contributed by atoms with van der Waals surface area (Å²) in [7, 11) is 4.05. The Bertz CT molecular complexity index is 1980. The second-order valence-electron chi connectivity index (χ2n) is 9.75. The molecule has 0 saturated heterocycles. The fraction of sp³-hybridized carbons (Fsp3) is 0.0588. The molecule has 0 bridgehead atoms. The van der Waals surface area contributed by atoms with Crippen molar-refractivity contribution in [3.8, 4) is 34.1 Å². The third kappa shape index (κ3) is 5.03. The van der Waals surface area contributed by atoms with E-state index in [1.54, 1.807) is 0 Å². The first-order valence-electron chi connectivity index (χ1n) is 13.0.